The third kappa shape index (κ3) is 3.71. The maximum atomic E-state index is 8.99. The van der Waals surface area contributed by atoms with E-state index in [0.717, 1.165) is 30.3 Å². The molecule has 19 heavy (non-hydrogen) atoms. The van der Waals surface area contributed by atoms with Gasteiger partial charge in [0.1, 0.15) is 5.75 Å². The third-order valence-corrected chi connectivity index (χ3v) is 3.89. The van der Waals surface area contributed by atoms with Crippen molar-refractivity contribution in [2.75, 3.05) is 20.7 Å². The number of rotatable bonds is 5. The van der Waals surface area contributed by atoms with Gasteiger partial charge in [0.15, 0.2) is 0 Å². The zero-order valence-corrected chi connectivity index (χ0v) is 11.9. The minimum atomic E-state index is 0.699. The van der Waals surface area contributed by atoms with Crippen LogP contribution in [-0.4, -0.2) is 25.6 Å². The van der Waals surface area contributed by atoms with Crippen LogP contribution in [0.1, 0.15) is 36.8 Å². The summed E-state index contributed by atoms with van der Waals surface area (Å²) in [5.74, 6) is 1.72. The van der Waals surface area contributed by atoms with E-state index in [9.17, 15) is 0 Å². The Labute approximate surface area is 115 Å². The van der Waals surface area contributed by atoms with Crippen molar-refractivity contribution < 1.29 is 4.74 Å². The summed E-state index contributed by atoms with van der Waals surface area (Å²) in [6.07, 6.45) is 5.48. The average molecular weight is 258 g/mol. The number of benzene rings is 1. The highest BCUT2D eigenvalue weighted by Crippen LogP contribution is 2.26. The van der Waals surface area contributed by atoms with Crippen molar-refractivity contribution in [1.29, 1.82) is 5.26 Å². The fourth-order valence-corrected chi connectivity index (χ4v) is 2.96. The molecule has 1 aromatic rings. The molecule has 0 spiro atoms. The van der Waals surface area contributed by atoms with E-state index in [-0.39, 0.29) is 0 Å². The number of nitrogens with zero attached hydrogens (tertiary/aromatic N) is 2. The SMILES string of the molecule is COc1ccc(C#N)cc1CN(C)CC1CCCC1. The Morgan fingerprint density at radius 3 is 2.74 bits per heavy atom. The van der Waals surface area contributed by atoms with Crippen LogP contribution in [0.5, 0.6) is 5.75 Å². The van der Waals surface area contributed by atoms with Gasteiger partial charge in [0.25, 0.3) is 0 Å². The van der Waals surface area contributed by atoms with Gasteiger partial charge in [0.2, 0.25) is 0 Å². The Kier molecular flexibility index (Phi) is 4.81. The monoisotopic (exact) mass is 258 g/mol. The maximum absolute atomic E-state index is 8.99. The van der Waals surface area contributed by atoms with Gasteiger partial charge in [-0.15, -0.1) is 0 Å². The quantitative estimate of drug-likeness (QED) is 0.813. The predicted molar refractivity (Wildman–Crippen MR) is 76.0 cm³/mol. The third-order valence-electron chi connectivity index (χ3n) is 3.89. The van der Waals surface area contributed by atoms with Gasteiger partial charge in [0, 0.05) is 18.7 Å². The van der Waals surface area contributed by atoms with Crippen LogP contribution in [0, 0.1) is 17.2 Å². The number of nitriles is 1. The van der Waals surface area contributed by atoms with Gasteiger partial charge in [0.05, 0.1) is 18.7 Å². The molecule has 0 bridgehead atoms. The summed E-state index contributed by atoms with van der Waals surface area (Å²) < 4.78 is 5.38. The number of hydrogen-bond donors (Lipinski definition) is 0. The smallest absolute Gasteiger partial charge is 0.123 e. The second kappa shape index (κ2) is 6.58. The van der Waals surface area contributed by atoms with Crippen LogP contribution in [-0.2, 0) is 6.54 Å². The summed E-state index contributed by atoms with van der Waals surface area (Å²) in [4.78, 5) is 2.34. The first-order chi connectivity index (χ1) is 9.22. The van der Waals surface area contributed by atoms with Crippen LogP contribution in [0.3, 0.4) is 0 Å². The fourth-order valence-electron chi connectivity index (χ4n) is 2.96. The van der Waals surface area contributed by atoms with E-state index in [1.54, 1.807) is 13.2 Å². The molecule has 0 aliphatic heterocycles. The van der Waals surface area contributed by atoms with Gasteiger partial charge in [-0.25, -0.2) is 0 Å². The van der Waals surface area contributed by atoms with Crippen molar-refractivity contribution in [3.8, 4) is 11.8 Å². The highest BCUT2D eigenvalue weighted by atomic mass is 16.5. The molecule has 0 saturated heterocycles. The molecule has 1 fully saturated rings. The first-order valence-electron chi connectivity index (χ1n) is 6.98. The summed E-state index contributed by atoms with van der Waals surface area (Å²) >= 11 is 0. The summed E-state index contributed by atoms with van der Waals surface area (Å²) in [5.41, 5.74) is 1.80. The van der Waals surface area contributed by atoms with E-state index in [1.165, 1.54) is 25.7 Å². The normalized spacial score (nSPS) is 15.7. The van der Waals surface area contributed by atoms with Crippen molar-refractivity contribution in [3.05, 3.63) is 29.3 Å². The highest BCUT2D eigenvalue weighted by molar-refractivity contribution is 5.41. The number of hydrogen-bond acceptors (Lipinski definition) is 3. The lowest BCUT2D eigenvalue weighted by Crippen LogP contribution is -2.24. The lowest BCUT2D eigenvalue weighted by molar-refractivity contribution is 0.267. The summed E-state index contributed by atoms with van der Waals surface area (Å²) in [6.45, 7) is 1.98. The molecule has 1 aliphatic carbocycles. The van der Waals surface area contributed by atoms with E-state index >= 15 is 0 Å². The molecule has 1 aliphatic rings. The molecule has 3 heteroatoms. The van der Waals surface area contributed by atoms with Crippen molar-refractivity contribution in [1.82, 2.24) is 4.90 Å². The van der Waals surface area contributed by atoms with Crippen molar-refractivity contribution in [2.24, 2.45) is 5.92 Å². The van der Waals surface area contributed by atoms with Gasteiger partial charge < -0.3 is 9.64 Å². The molecule has 0 unspecified atom stereocenters. The van der Waals surface area contributed by atoms with Crippen LogP contribution < -0.4 is 4.74 Å². The first kappa shape index (κ1) is 13.9. The second-order valence-corrected chi connectivity index (χ2v) is 5.49. The topological polar surface area (TPSA) is 36.3 Å². The summed E-state index contributed by atoms with van der Waals surface area (Å²) in [7, 11) is 3.83. The maximum Gasteiger partial charge on any atom is 0.123 e. The zero-order valence-electron chi connectivity index (χ0n) is 11.9. The lowest BCUT2D eigenvalue weighted by Gasteiger charge is -2.21. The van der Waals surface area contributed by atoms with Crippen LogP contribution in [0.2, 0.25) is 0 Å². The van der Waals surface area contributed by atoms with E-state index in [0.29, 0.717) is 5.56 Å². The number of methoxy groups -OCH3 is 1. The average Bonchev–Trinajstić information content (AvgIpc) is 2.91. The zero-order chi connectivity index (χ0) is 13.7. The minimum absolute atomic E-state index is 0.699. The summed E-state index contributed by atoms with van der Waals surface area (Å²) in [6, 6.07) is 7.82. The van der Waals surface area contributed by atoms with Crippen LogP contribution in [0.4, 0.5) is 0 Å². The first-order valence-corrected chi connectivity index (χ1v) is 6.98. The molecular formula is C16H22N2O. The molecule has 0 N–H and O–H groups in total. The van der Waals surface area contributed by atoms with E-state index in [4.69, 9.17) is 10.00 Å². The highest BCUT2D eigenvalue weighted by Gasteiger charge is 2.17. The summed E-state index contributed by atoms with van der Waals surface area (Å²) in [5, 5.41) is 8.99. The van der Waals surface area contributed by atoms with Gasteiger partial charge in [-0.2, -0.15) is 5.26 Å². The molecule has 0 atom stereocenters. The Morgan fingerprint density at radius 1 is 1.37 bits per heavy atom. The number of ether oxygens (including phenoxy) is 1. The van der Waals surface area contributed by atoms with Gasteiger partial charge in [-0.05, 0) is 44.0 Å². The van der Waals surface area contributed by atoms with E-state index < -0.39 is 0 Å². The van der Waals surface area contributed by atoms with Crippen molar-refractivity contribution in [3.63, 3.8) is 0 Å². The van der Waals surface area contributed by atoms with Crippen molar-refractivity contribution >= 4 is 0 Å². The van der Waals surface area contributed by atoms with Crippen molar-refractivity contribution in [2.45, 2.75) is 32.2 Å². The van der Waals surface area contributed by atoms with Gasteiger partial charge >= 0.3 is 0 Å². The molecule has 0 radical (unpaired) electrons. The van der Waals surface area contributed by atoms with E-state index in [2.05, 4.69) is 18.0 Å². The molecule has 1 saturated carbocycles. The van der Waals surface area contributed by atoms with E-state index in [1.807, 2.05) is 12.1 Å². The van der Waals surface area contributed by atoms with Crippen LogP contribution in [0.15, 0.2) is 18.2 Å². The Hall–Kier alpha value is -1.53. The molecule has 2 rings (SSSR count). The standard InChI is InChI=1S/C16H22N2O/c1-18(11-13-5-3-4-6-13)12-15-9-14(10-17)7-8-16(15)19-2/h7-9,13H,3-6,11-12H2,1-2H3. The van der Waals surface area contributed by atoms with Gasteiger partial charge in [-0.1, -0.05) is 12.8 Å². The molecule has 3 nitrogen and oxygen atoms in total. The van der Waals surface area contributed by atoms with Crippen LogP contribution in [0.25, 0.3) is 0 Å². The van der Waals surface area contributed by atoms with Crippen LogP contribution >= 0.6 is 0 Å². The molecule has 0 heterocycles. The minimum Gasteiger partial charge on any atom is -0.496 e. The predicted octanol–water partition coefficient (Wildman–Crippen LogP) is 3.19. The molecule has 0 aromatic heterocycles. The Balaban J connectivity index is 2.02. The van der Waals surface area contributed by atoms with Gasteiger partial charge in [-0.3, -0.25) is 0 Å². The molecule has 102 valence electrons. The Bertz CT molecular complexity index is 458. The largest absolute Gasteiger partial charge is 0.496 e. The molecule has 1 aromatic carbocycles. The second-order valence-electron chi connectivity index (χ2n) is 5.49. The molecular weight excluding hydrogens is 236 g/mol. The fraction of sp³-hybridized carbons (Fsp3) is 0.562. The lowest BCUT2D eigenvalue weighted by atomic mass is 10.1. The Morgan fingerprint density at radius 2 is 2.11 bits per heavy atom. The molecule has 0 amide bonds.